The zero-order chi connectivity index (χ0) is 21.3. The number of nitrogens with one attached hydrogen (secondary N) is 3. The molecular weight excluding hydrogens is 396 g/mol. The second-order valence-corrected chi connectivity index (χ2v) is 8.11. The first kappa shape index (κ1) is 19.9. The van der Waals surface area contributed by atoms with Gasteiger partial charge in [0, 0.05) is 17.1 Å². The summed E-state index contributed by atoms with van der Waals surface area (Å²) < 4.78 is 1.77. The van der Waals surface area contributed by atoms with E-state index in [1.165, 1.54) is 11.8 Å². The van der Waals surface area contributed by atoms with Gasteiger partial charge in [0.1, 0.15) is 5.49 Å². The van der Waals surface area contributed by atoms with Gasteiger partial charge < -0.3 is 5.32 Å². The highest BCUT2D eigenvalue weighted by Gasteiger charge is 2.16. The van der Waals surface area contributed by atoms with Crippen LogP contribution in [0.25, 0.3) is 16.7 Å². The van der Waals surface area contributed by atoms with E-state index in [1.807, 2.05) is 69.3 Å². The van der Waals surface area contributed by atoms with Gasteiger partial charge in [-0.15, -0.1) is 0 Å². The molecule has 0 unspecified atom stereocenters. The van der Waals surface area contributed by atoms with E-state index in [4.69, 9.17) is 5.41 Å². The third-order valence-electron chi connectivity index (χ3n) is 4.68. The van der Waals surface area contributed by atoms with Gasteiger partial charge in [-0.05, 0) is 56.2 Å². The highest BCUT2D eigenvalue weighted by molar-refractivity contribution is 7.99. The Hall–Kier alpha value is -3.39. The highest BCUT2D eigenvalue weighted by atomic mass is 32.2. The van der Waals surface area contributed by atoms with Crippen molar-refractivity contribution in [2.24, 2.45) is 0 Å². The summed E-state index contributed by atoms with van der Waals surface area (Å²) >= 11 is 1.28. The summed E-state index contributed by atoms with van der Waals surface area (Å²) in [5.74, 6) is 0.0363. The molecule has 0 spiro atoms. The van der Waals surface area contributed by atoms with Crippen molar-refractivity contribution in [1.29, 1.82) is 5.41 Å². The van der Waals surface area contributed by atoms with E-state index >= 15 is 0 Å². The van der Waals surface area contributed by atoms with E-state index in [9.17, 15) is 4.79 Å². The Morgan fingerprint density at radius 3 is 2.60 bits per heavy atom. The molecule has 30 heavy (non-hydrogen) atoms. The van der Waals surface area contributed by atoms with Gasteiger partial charge in [0.15, 0.2) is 10.8 Å². The van der Waals surface area contributed by atoms with Crippen LogP contribution in [-0.4, -0.2) is 31.4 Å². The van der Waals surface area contributed by atoms with E-state index < -0.39 is 0 Å². The molecule has 2 aromatic carbocycles. The molecule has 0 fully saturated rings. The van der Waals surface area contributed by atoms with Crippen molar-refractivity contribution in [2.75, 3.05) is 11.1 Å². The second-order valence-electron chi connectivity index (χ2n) is 7.17. The zero-order valence-electron chi connectivity index (χ0n) is 17.0. The molecule has 0 aliphatic carbocycles. The van der Waals surface area contributed by atoms with E-state index in [0.717, 1.165) is 28.2 Å². The molecule has 0 aliphatic heterocycles. The van der Waals surface area contributed by atoms with Crippen LogP contribution in [0.2, 0.25) is 0 Å². The fourth-order valence-electron chi connectivity index (χ4n) is 3.28. The topological polar surface area (TPSA) is 99.5 Å². The van der Waals surface area contributed by atoms with Gasteiger partial charge in [-0.3, -0.25) is 19.9 Å². The zero-order valence-corrected chi connectivity index (χ0v) is 17.8. The number of carbonyl (C=O) groups excluding carboxylic acids is 1. The molecule has 0 atom stereocenters. The SMILES string of the molecule is Cc1cccc(NC(=O)CSc2nc3n[nH]c(C)c3c(=N)n2-c2cccc(C)c2)c1. The number of anilines is 1. The molecule has 0 saturated heterocycles. The summed E-state index contributed by atoms with van der Waals surface area (Å²) in [5, 5.41) is 20.0. The summed E-state index contributed by atoms with van der Waals surface area (Å²) in [6, 6.07) is 15.6. The van der Waals surface area contributed by atoms with Gasteiger partial charge in [0.25, 0.3) is 0 Å². The molecule has 1 amide bonds. The molecule has 0 aliphatic rings. The number of carbonyl (C=O) groups is 1. The molecule has 0 bridgehead atoms. The van der Waals surface area contributed by atoms with Crippen LogP contribution in [0.4, 0.5) is 5.69 Å². The highest BCUT2D eigenvalue weighted by Crippen LogP contribution is 2.22. The number of benzene rings is 2. The number of thioether (sulfide) groups is 1. The Kier molecular flexibility index (Phi) is 5.41. The van der Waals surface area contributed by atoms with Gasteiger partial charge in [-0.25, -0.2) is 4.98 Å². The molecule has 0 radical (unpaired) electrons. The molecule has 152 valence electrons. The Labute approximate surface area is 178 Å². The van der Waals surface area contributed by atoms with Crippen LogP contribution in [-0.2, 0) is 4.79 Å². The number of amides is 1. The van der Waals surface area contributed by atoms with Crippen molar-refractivity contribution in [2.45, 2.75) is 25.9 Å². The number of hydrogen-bond acceptors (Lipinski definition) is 5. The number of hydrogen-bond donors (Lipinski definition) is 3. The summed E-state index contributed by atoms with van der Waals surface area (Å²) in [6.07, 6.45) is 0. The number of nitrogens with zero attached hydrogens (tertiary/aromatic N) is 3. The second kappa shape index (κ2) is 8.16. The van der Waals surface area contributed by atoms with Crippen molar-refractivity contribution in [1.82, 2.24) is 19.7 Å². The maximum atomic E-state index is 12.5. The van der Waals surface area contributed by atoms with E-state index in [2.05, 4.69) is 20.5 Å². The summed E-state index contributed by atoms with van der Waals surface area (Å²) in [4.78, 5) is 17.2. The van der Waals surface area contributed by atoms with Gasteiger partial charge in [-0.1, -0.05) is 36.0 Å². The van der Waals surface area contributed by atoms with Gasteiger partial charge in [-0.2, -0.15) is 5.10 Å². The third kappa shape index (κ3) is 3.99. The van der Waals surface area contributed by atoms with Gasteiger partial charge in [0.2, 0.25) is 5.91 Å². The Bertz CT molecular complexity index is 1310. The molecular formula is C22H22N6OS. The molecule has 8 heteroatoms. The lowest BCUT2D eigenvalue weighted by Gasteiger charge is -2.14. The summed E-state index contributed by atoms with van der Waals surface area (Å²) in [5.41, 5.74) is 5.31. The van der Waals surface area contributed by atoms with Crippen molar-refractivity contribution in [3.63, 3.8) is 0 Å². The van der Waals surface area contributed by atoms with Crippen LogP contribution in [0.1, 0.15) is 16.8 Å². The molecule has 0 saturated carbocycles. The summed E-state index contributed by atoms with van der Waals surface area (Å²) in [7, 11) is 0. The lowest BCUT2D eigenvalue weighted by atomic mass is 10.2. The van der Waals surface area contributed by atoms with Gasteiger partial charge >= 0.3 is 0 Å². The first-order valence-corrected chi connectivity index (χ1v) is 10.5. The monoisotopic (exact) mass is 418 g/mol. The minimum absolute atomic E-state index is 0.131. The number of rotatable bonds is 5. The van der Waals surface area contributed by atoms with Gasteiger partial charge in [0.05, 0.1) is 11.1 Å². The van der Waals surface area contributed by atoms with Crippen molar-refractivity contribution >= 4 is 34.4 Å². The number of fused-ring (bicyclic) bond motifs is 1. The minimum atomic E-state index is -0.131. The predicted molar refractivity (Wildman–Crippen MR) is 119 cm³/mol. The molecule has 4 rings (SSSR count). The standard InChI is InChI=1S/C22H22N6OS/c1-13-6-4-8-16(10-13)24-18(29)12-30-22-25-21-19(15(3)26-27-21)20(23)28(22)17-9-5-7-14(2)11-17/h4-11,23H,12H2,1-3H3,(H,24,29)(H,26,27). The third-order valence-corrected chi connectivity index (χ3v) is 5.61. The van der Waals surface area contributed by atoms with Crippen molar-refractivity contribution in [3.05, 3.63) is 70.8 Å². The van der Waals surface area contributed by atoms with Crippen LogP contribution in [0, 0.1) is 26.2 Å². The Morgan fingerprint density at radius 1 is 1.13 bits per heavy atom. The Morgan fingerprint density at radius 2 is 1.87 bits per heavy atom. The normalized spacial score (nSPS) is 11.0. The first-order valence-electron chi connectivity index (χ1n) is 9.51. The first-order chi connectivity index (χ1) is 14.4. The van der Waals surface area contributed by atoms with Crippen LogP contribution in [0.15, 0.2) is 53.7 Å². The largest absolute Gasteiger partial charge is 0.325 e. The summed E-state index contributed by atoms with van der Waals surface area (Å²) in [6.45, 7) is 5.86. The van der Waals surface area contributed by atoms with Crippen molar-refractivity contribution in [3.8, 4) is 5.69 Å². The molecule has 3 N–H and O–H groups in total. The smallest absolute Gasteiger partial charge is 0.234 e. The quantitative estimate of drug-likeness (QED) is 0.338. The van der Waals surface area contributed by atoms with E-state index in [-0.39, 0.29) is 11.7 Å². The van der Waals surface area contributed by atoms with Crippen molar-refractivity contribution < 1.29 is 4.79 Å². The average molecular weight is 419 g/mol. The number of aromatic amines is 1. The predicted octanol–water partition coefficient (Wildman–Crippen LogP) is 3.88. The number of aromatic nitrogens is 4. The lowest BCUT2D eigenvalue weighted by molar-refractivity contribution is -0.113. The van der Waals surface area contributed by atoms with Crippen LogP contribution < -0.4 is 10.8 Å². The van der Waals surface area contributed by atoms with Crippen LogP contribution >= 0.6 is 11.8 Å². The maximum Gasteiger partial charge on any atom is 0.234 e. The number of H-pyrrole nitrogens is 1. The number of aryl methyl sites for hydroxylation is 3. The van der Waals surface area contributed by atoms with Crippen LogP contribution in [0.3, 0.4) is 0 Å². The molecule has 4 aromatic rings. The molecule has 7 nitrogen and oxygen atoms in total. The minimum Gasteiger partial charge on any atom is -0.325 e. The van der Waals surface area contributed by atoms with E-state index in [1.54, 1.807) is 4.57 Å². The fourth-order valence-corrected chi connectivity index (χ4v) is 4.09. The molecule has 2 aromatic heterocycles. The molecule has 2 heterocycles. The fraction of sp³-hybridized carbons (Fsp3) is 0.182. The Balaban J connectivity index is 1.68. The maximum absolute atomic E-state index is 12.5. The van der Waals surface area contributed by atoms with E-state index in [0.29, 0.717) is 21.7 Å². The van der Waals surface area contributed by atoms with Crippen LogP contribution in [0.5, 0.6) is 0 Å². The average Bonchev–Trinajstić information content (AvgIpc) is 3.07. The lowest BCUT2D eigenvalue weighted by Crippen LogP contribution is -2.23.